The van der Waals surface area contributed by atoms with Crippen LogP contribution in [0.15, 0.2) is 27.4 Å². The van der Waals surface area contributed by atoms with E-state index in [2.05, 4.69) is 0 Å². The Hall–Kier alpha value is -2.83. The van der Waals surface area contributed by atoms with E-state index in [4.69, 9.17) is 18.6 Å². The number of carbonyl (C=O) groups excluding carboxylic acids is 2. The van der Waals surface area contributed by atoms with E-state index in [-0.39, 0.29) is 17.8 Å². The molecule has 2 rings (SSSR count). The zero-order chi connectivity index (χ0) is 17.9. The van der Waals surface area contributed by atoms with Gasteiger partial charge in [0.25, 0.3) is 0 Å². The molecular weight excluding hydrogens is 316 g/mol. The minimum absolute atomic E-state index is 0.105. The highest BCUT2D eigenvalue weighted by Crippen LogP contribution is 2.31. The third-order valence-corrected chi connectivity index (χ3v) is 3.21. The first-order chi connectivity index (χ1) is 11.3. The van der Waals surface area contributed by atoms with E-state index in [1.54, 1.807) is 19.1 Å². The van der Waals surface area contributed by atoms with Gasteiger partial charge in [-0.25, -0.2) is 4.79 Å². The fraction of sp³-hybridized carbons (Fsp3) is 0.353. The third-order valence-electron chi connectivity index (χ3n) is 3.21. The minimum Gasteiger partial charge on any atom is -0.497 e. The van der Waals surface area contributed by atoms with Crippen LogP contribution >= 0.6 is 0 Å². The van der Waals surface area contributed by atoms with Crippen molar-refractivity contribution in [2.45, 2.75) is 33.3 Å². The van der Waals surface area contributed by atoms with Gasteiger partial charge in [0.05, 0.1) is 7.11 Å². The van der Waals surface area contributed by atoms with Crippen molar-refractivity contribution in [1.82, 2.24) is 0 Å². The van der Waals surface area contributed by atoms with Crippen molar-refractivity contribution < 1.29 is 28.2 Å². The second-order valence-corrected chi connectivity index (χ2v) is 5.32. The minimum atomic E-state index is -0.583. The van der Waals surface area contributed by atoms with Crippen LogP contribution in [0.3, 0.4) is 0 Å². The smallest absolute Gasteiger partial charge is 0.339 e. The van der Waals surface area contributed by atoms with Crippen molar-refractivity contribution in [3.05, 3.63) is 34.2 Å². The first-order valence-electron chi connectivity index (χ1n) is 7.30. The Morgan fingerprint density at radius 2 is 1.88 bits per heavy atom. The molecule has 0 fully saturated rings. The Bertz CT molecular complexity index is 835. The molecule has 0 saturated carbocycles. The van der Waals surface area contributed by atoms with Gasteiger partial charge in [-0.1, -0.05) is 0 Å². The molecule has 24 heavy (non-hydrogen) atoms. The second kappa shape index (κ2) is 7.16. The molecule has 0 N–H and O–H groups in total. The van der Waals surface area contributed by atoms with Gasteiger partial charge in [-0.2, -0.15) is 0 Å². The number of methoxy groups -OCH3 is 1. The number of carbonyl (C=O) groups is 2. The van der Waals surface area contributed by atoms with Crippen LogP contribution in [0.4, 0.5) is 0 Å². The summed E-state index contributed by atoms with van der Waals surface area (Å²) in [4.78, 5) is 34.4. The van der Waals surface area contributed by atoms with E-state index in [1.807, 2.05) is 0 Å². The van der Waals surface area contributed by atoms with Crippen molar-refractivity contribution in [1.29, 1.82) is 0 Å². The molecular formula is C17H18O7. The summed E-state index contributed by atoms with van der Waals surface area (Å²) in [5.74, 6) is -0.411. The molecule has 0 saturated heterocycles. The fourth-order valence-electron chi connectivity index (χ4n) is 2.34. The van der Waals surface area contributed by atoms with Gasteiger partial charge in [0, 0.05) is 37.3 Å². The number of hydrogen-bond acceptors (Lipinski definition) is 7. The lowest BCUT2D eigenvalue weighted by molar-refractivity contribution is -0.145. The molecule has 7 heteroatoms. The monoisotopic (exact) mass is 334 g/mol. The van der Waals surface area contributed by atoms with Crippen LogP contribution in [0.2, 0.25) is 0 Å². The molecule has 0 spiro atoms. The van der Waals surface area contributed by atoms with Crippen LogP contribution in [0.25, 0.3) is 11.0 Å². The van der Waals surface area contributed by atoms with Gasteiger partial charge in [0.15, 0.2) is 11.3 Å². The number of fused-ring (bicyclic) bond motifs is 1. The topological polar surface area (TPSA) is 92.0 Å². The van der Waals surface area contributed by atoms with E-state index in [0.29, 0.717) is 16.7 Å². The van der Waals surface area contributed by atoms with Gasteiger partial charge in [-0.15, -0.1) is 0 Å². The summed E-state index contributed by atoms with van der Waals surface area (Å²) in [6.07, 6.45) is -0.265. The number of ether oxygens (including phenoxy) is 3. The molecule has 1 heterocycles. The van der Waals surface area contributed by atoms with Crippen LogP contribution in [-0.2, 0) is 20.7 Å². The lowest BCUT2D eigenvalue weighted by Crippen LogP contribution is -2.19. The molecule has 2 aromatic rings. The molecule has 7 nitrogen and oxygen atoms in total. The van der Waals surface area contributed by atoms with Gasteiger partial charge in [-0.05, 0) is 19.1 Å². The molecule has 0 aliphatic heterocycles. The zero-order valence-electron chi connectivity index (χ0n) is 13.9. The van der Waals surface area contributed by atoms with Crippen LogP contribution < -0.4 is 15.1 Å². The molecule has 128 valence electrons. The van der Waals surface area contributed by atoms with E-state index in [9.17, 15) is 14.4 Å². The van der Waals surface area contributed by atoms with Crippen molar-refractivity contribution >= 4 is 22.9 Å². The number of benzene rings is 1. The summed E-state index contributed by atoms with van der Waals surface area (Å²) < 4.78 is 20.6. The molecule has 1 aromatic heterocycles. The summed E-state index contributed by atoms with van der Waals surface area (Å²) in [7, 11) is 1.47. The third kappa shape index (κ3) is 4.13. The van der Waals surface area contributed by atoms with Crippen molar-refractivity contribution in [3.63, 3.8) is 0 Å². The van der Waals surface area contributed by atoms with Gasteiger partial charge in [0.1, 0.15) is 11.9 Å². The van der Waals surface area contributed by atoms with E-state index < -0.39 is 23.7 Å². The zero-order valence-corrected chi connectivity index (χ0v) is 13.9. The molecule has 0 aliphatic carbocycles. The van der Waals surface area contributed by atoms with Crippen molar-refractivity contribution in [3.8, 4) is 11.5 Å². The lowest BCUT2D eigenvalue weighted by atomic mass is 10.1. The maximum absolute atomic E-state index is 12.2. The highest BCUT2D eigenvalue weighted by atomic mass is 16.5. The Morgan fingerprint density at radius 3 is 2.46 bits per heavy atom. The highest BCUT2D eigenvalue weighted by Gasteiger charge is 2.16. The van der Waals surface area contributed by atoms with Gasteiger partial charge < -0.3 is 18.6 Å². The maximum atomic E-state index is 12.2. The number of hydrogen-bond donors (Lipinski definition) is 0. The summed E-state index contributed by atoms with van der Waals surface area (Å²) in [5, 5.41) is 0.537. The molecule has 0 radical (unpaired) electrons. The maximum Gasteiger partial charge on any atom is 0.339 e. The fourth-order valence-corrected chi connectivity index (χ4v) is 2.34. The largest absolute Gasteiger partial charge is 0.497 e. The van der Waals surface area contributed by atoms with Crippen LogP contribution in [0.5, 0.6) is 11.5 Å². The van der Waals surface area contributed by atoms with Crippen molar-refractivity contribution in [2.75, 3.05) is 7.11 Å². The van der Waals surface area contributed by atoms with Gasteiger partial charge in [0.2, 0.25) is 0 Å². The number of esters is 2. The first-order valence-corrected chi connectivity index (χ1v) is 7.30. The van der Waals surface area contributed by atoms with E-state index in [1.165, 1.54) is 27.0 Å². The van der Waals surface area contributed by atoms with Crippen LogP contribution in [0, 0.1) is 0 Å². The Labute approximate surface area is 138 Å². The van der Waals surface area contributed by atoms with Gasteiger partial charge in [-0.3, -0.25) is 9.59 Å². The molecule has 0 aliphatic rings. The Balaban J connectivity index is 2.50. The van der Waals surface area contributed by atoms with Gasteiger partial charge >= 0.3 is 17.6 Å². The van der Waals surface area contributed by atoms with Crippen molar-refractivity contribution in [2.24, 2.45) is 0 Å². The SMILES string of the molecule is COc1cc(OC(C)=O)c2oc(=O)c(CC(C)OC(C)=O)cc2c1. The summed E-state index contributed by atoms with van der Waals surface area (Å²) in [6.45, 7) is 4.23. The highest BCUT2D eigenvalue weighted by molar-refractivity contribution is 5.87. The van der Waals surface area contributed by atoms with Crippen LogP contribution in [-0.4, -0.2) is 25.2 Å². The Morgan fingerprint density at radius 1 is 1.17 bits per heavy atom. The molecule has 1 unspecified atom stereocenters. The molecule has 1 atom stereocenters. The van der Waals surface area contributed by atoms with E-state index >= 15 is 0 Å². The quantitative estimate of drug-likeness (QED) is 0.470. The summed E-state index contributed by atoms with van der Waals surface area (Å²) >= 11 is 0. The predicted molar refractivity (Wildman–Crippen MR) is 85.3 cm³/mol. The molecule has 0 bridgehead atoms. The molecule has 0 amide bonds. The second-order valence-electron chi connectivity index (χ2n) is 5.32. The normalized spacial score (nSPS) is 11.8. The summed E-state index contributed by atoms with van der Waals surface area (Å²) in [6, 6.07) is 4.73. The average molecular weight is 334 g/mol. The van der Waals surface area contributed by atoms with Crippen LogP contribution in [0.1, 0.15) is 26.3 Å². The average Bonchev–Trinajstić information content (AvgIpc) is 2.47. The standard InChI is InChI=1S/C17H18O7/c1-9(22-10(2)18)5-13-6-12-7-14(21-4)8-15(23-11(3)19)16(12)24-17(13)20/h6-9H,5H2,1-4H3. The summed E-state index contributed by atoms with van der Waals surface area (Å²) in [5.41, 5.74) is -0.0850. The first kappa shape index (κ1) is 17.5. The number of rotatable bonds is 5. The lowest BCUT2D eigenvalue weighted by Gasteiger charge is -2.12. The molecule has 1 aromatic carbocycles. The predicted octanol–water partition coefficient (Wildman–Crippen LogP) is 2.22. The Kier molecular flexibility index (Phi) is 5.23. The van der Waals surface area contributed by atoms with E-state index in [0.717, 1.165) is 0 Å².